The highest BCUT2D eigenvalue weighted by Crippen LogP contribution is 2.37. The molecule has 2 rings (SSSR count). The summed E-state index contributed by atoms with van der Waals surface area (Å²) in [6, 6.07) is 3.53. The minimum Gasteiger partial charge on any atom is -0.504 e. The molecule has 0 spiro atoms. The average molecular weight is 344 g/mol. The Labute approximate surface area is 150 Å². The molecule has 0 amide bonds. The van der Waals surface area contributed by atoms with E-state index < -0.39 is 0 Å². The fourth-order valence-electron chi connectivity index (χ4n) is 3.69. The van der Waals surface area contributed by atoms with E-state index in [1.807, 2.05) is 27.7 Å². The van der Waals surface area contributed by atoms with E-state index in [0.717, 1.165) is 41.5 Å². The minimum absolute atomic E-state index is 0.191. The Morgan fingerprint density at radius 2 is 1.08 bits per heavy atom. The number of rotatable bonds is 6. The lowest BCUT2D eigenvalue weighted by Gasteiger charge is -2.17. The maximum atomic E-state index is 9.99. The molecule has 0 atom stereocenters. The van der Waals surface area contributed by atoms with E-state index >= 15 is 0 Å². The lowest BCUT2D eigenvalue weighted by atomic mass is 9.92. The molecule has 25 heavy (non-hydrogen) atoms. The summed E-state index contributed by atoms with van der Waals surface area (Å²) in [5, 5.41) is 20.0. The predicted molar refractivity (Wildman–Crippen MR) is 100 cm³/mol. The number of phenolic OH excluding ortho intramolecular Hbond substituents is 2. The van der Waals surface area contributed by atoms with Crippen LogP contribution in [0.25, 0.3) is 0 Å². The average Bonchev–Trinajstić information content (AvgIpc) is 2.53. The van der Waals surface area contributed by atoms with Crippen LogP contribution in [0.15, 0.2) is 12.1 Å². The lowest BCUT2D eigenvalue weighted by molar-refractivity contribution is 0.369. The third kappa shape index (κ3) is 3.68. The van der Waals surface area contributed by atoms with Gasteiger partial charge in [0.25, 0.3) is 0 Å². The summed E-state index contributed by atoms with van der Waals surface area (Å²) in [5.41, 5.74) is 6.58. The third-order valence-corrected chi connectivity index (χ3v) is 4.97. The van der Waals surface area contributed by atoms with Gasteiger partial charge in [-0.2, -0.15) is 0 Å². The van der Waals surface area contributed by atoms with Crippen molar-refractivity contribution in [1.82, 2.24) is 0 Å². The molecule has 0 unspecified atom stereocenters. The van der Waals surface area contributed by atoms with E-state index in [-0.39, 0.29) is 11.5 Å². The largest absolute Gasteiger partial charge is 0.504 e. The molecule has 2 aromatic carbocycles. The van der Waals surface area contributed by atoms with Crippen LogP contribution in [0.5, 0.6) is 23.0 Å². The topological polar surface area (TPSA) is 58.9 Å². The molecular weight excluding hydrogens is 316 g/mol. The molecular formula is C21H28O4. The number of methoxy groups -OCH3 is 2. The molecule has 0 fully saturated rings. The van der Waals surface area contributed by atoms with Crippen LogP contribution in [-0.4, -0.2) is 24.4 Å². The maximum absolute atomic E-state index is 9.99. The van der Waals surface area contributed by atoms with Crippen molar-refractivity contribution in [2.75, 3.05) is 14.2 Å². The van der Waals surface area contributed by atoms with E-state index in [1.165, 1.54) is 11.1 Å². The van der Waals surface area contributed by atoms with Gasteiger partial charge in [-0.05, 0) is 92.5 Å². The number of benzene rings is 2. The normalized spacial score (nSPS) is 10.8. The highest BCUT2D eigenvalue weighted by Gasteiger charge is 2.15. The maximum Gasteiger partial charge on any atom is 0.163 e. The first-order valence-electron chi connectivity index (χ1n) is 8.53. The van der Waals surface area contributed by atoms with Crippen molar-refractivity contribution in [2.24, 2.45) is 0 Å². The fraction of sp³-hybridized carbons (Fsp3) is 0.429. The third-order valence-electron chi connectivity index (χ3n) is 4.97. The molecule has 136 valence electrons. The molecule has 4 nitrogen and oxygen atoms in total. The summed E-state index contributed by atoms with van der Waals surface area (Å²) < 4.78 is 10.6. The Morgan fingerprint density at radius 1 is 0.720 bits per heavy atom. The quantitative estimate of drug-likeness (QED) is 0.809. The van der Waals surface area contributed by atoms with Crippen molar-refractivity contribution in [3.63, 3.8) is 0 Å². The Morgan fingerprint density at radius 3 is 1.40 bits per heavy atom. The van der Waals surface area contributed by atoms with Crippen LogP contribution in [0.2, 0.25) is 0 Å². The smallest absolute Gasteiger partial charge is 0.163 e. The van der Waals surface area contributed by atoms with Crippen LogP contribution in [-0.2, 0) is 12.8 Å². The van der Waals surface area contributed by atoms with Gasteiger partial charge < -0.3 is 19.7 Å². The first-order chi connectivity index (χ1) is 11.8. The van der Waals surface area contributed by atoms with Gasteiger partial charge in [0.05, 0.1) is 14.2 Å². The van der Waals surface area contributed by atoms with Gasteiger partial charge in [-0.3, -0.25) is 0 Å². The zero-order valence-corrected chi connectivity index (χ0v) is 16.0. The molecule has 0 aliphatic rings. The van der Waals surface area contributed by atoms with E-state index in [0.29, 0.717) is 11.5 Å². The SMILES string of the molecule is COc1c(O)cc(C)c(CCCc2c(C)cc(O)c(OC)c2C)c1C. The summed E-state index contributed by atoms with van der Waals surface area (Å²) >= 11 is 0. The summed E-state index contributed by atoms with van der Waals surface area (Å²) in [4.78, 5) is 0. The van der Waals surface area contributed by atoms with Crippen LogP contribution < -0.4 is 9.47 Å². The molecule has 2 N–H and O–H groups in total. The molecule has 2 aromatic rings. The van der Waals surface area contributed by atoms with Crippen LogP contribution in [0.3, 0.4) is 0 Å². The van der Waals surface area contributed by atoms with Crippen LogP contribution in [0, 0.1) is 27.7 Å². The molecule has 0 heterocycles. The van der Waals surface area contributed by atoms with Gasteiger partial charge in [-0.1, -0.05) is 0 Å². The van der Waals surface area contributed by atoms with Crippen molar-refractivity contribution in [2.45, 2.75) is 47.0 Å². The van der Waals surface area contributed by atoms with Crippen molar-refractivity contribution in [3.05, 3.63) is 45.5 Å². The molecule has 0 bridgehead atoms. The van der Waals surface area contributed by atoms with Crippen LogP contribution in [0.1, 0.15) is 39.8 Å². The molecule has 4 heteroatoms. The van der Waals surface area contributed by atoms with Crippen molar-refractivity contribution in [1.29, 1.82) is 0 Å². The highest BCUT2D eigenvalue weighted by atomic mass is 16.5. The van der Waals surface area contributed by atoms with Gasteiger partial charge in [-0.15, -0.1) is 0 Å². The van der Waals surface area contributed by atoms with Gasteiger partial charge >= 0.3 is 0 Å². The monoisotopic (exact) mass is 344 g/mol. The van der Waals surface area contributed by atoms with Crippen molar-refractivity contribution in [3.8, 4) is 23.0 Å². The van der Waals surface area contributed by atoms with E-state index in [9.17, 15) is 10.2 Å². The molecule has 0 saturated carbocycles. The summed E-state index contributed by atoms with van der Waals surface area (Å²) in [6.07, 6.45) is 2.76. The Balaban J connectivity index is 2.23. The van der Waals surface area contributed by atoms with E-state index in [2.05, 4.69) is 0 Å². The second-order valence-corrected chi connectivity index (χ2v) is 6.55. The summed E-state index contributed by atoms with van der Waals surface area (Å²) in [7, 11) is 3.16. The van der Waals surface area contributed by atoms with Crippen LogP contribution >= 0.6 is 0 Å². The number of aryl methyl sites for hydroxylation is 2. The summed E-state index contributed by atoms with van der Waals surface area (Å²) in [6.45, 7) is 8.01. The molecule has 0 aliphatic carbocycles. The van der Waals surface area contributed by atoms with Crippen molar-refractivity contribution < 1.29 is 19.7 Å². The second kappa shape index (κ2) is 7.68. The second-order valence-electron chi connectivity index (χ2n) is 6.55. The minimum atomic E-state index is 0.191. The van der Waals surface area contributed by atoms with E-state index in [4.69, 9.17) is 9.47 Å². The Hall–Kier alpha value is -2.36. The number of ether oxygens (including phenoxy) is 2. The molecule has 0 aromatic heterocycles. The Kier molecular flexibility index (Phi) is 5.83. The zero-order chi connectivity index (χ0) is 18.7. The Bertz CT molecular complexity index is 713. The number of hydrogen-bond donors (Lipinski definition) is 2. The van der Waals surface area contributed by atoms with Gasteiger partial charge in [-0.25, -0.2) is 0 Å². The first-order valence-corrected chi connectivity index (χ1v) is 8.53. The highest BCUT2D eigenvalue weighted by molar-refractivity contribution is 5.54. The van der Waals surface area contributed by atoms with Crippen molar-refractivity contribution >= 4 is 0 Å². The standard InChI is InChI=1S/C21H28O4/c1-12-10-18(22)20(24-5)14(3)16(12)8-7-9-17-13(2)11-19(23)21(25-6)15(17)4/h10-11,22-23H,7-9H2,1-6H3. The van der Waals surface area contributed by atoms with Gasteiger partial charge in [0.15, 0.2) is 23.0 Å². The predicted octanol–water partition coefficient (Wildman–Crippen LogP) is 4.52. The summed E-state index contributed by atoms with van der Waals surface area (Å²) in [5.74, 6) is 1.49. The van der Waals surface area contributed by atoms with Gasteiger partial charge in [0.1, 0.15) is 0 Å². The number of hydrogen-bond acceptors (Lipinski definition) is 4. The van der Waals surface area contributed by atoms with Gasteiger partial charge in [0, 0.05) is 0 Å². The molecule has 0 aliphatic heterocycles. The number of aromatic hydroxyl groups is 2. The molecule has 0 saturated heterocycles. The zero-order valence-electron chi connectivity index (χ0n) is 16.0. The fourth-order valence-corrected chi connectivity index (χ4v) is 3.69. The van der Waals surface area contributed by atoms with E-state index in [1.54, 1.807) is 26.4 Å². The number of phenols is 2. The lowest BCUT2D eigenvalue weighted by Crippen LogP contribution is -2.02. The molecule has 0 radical (unpaired) electrons. The van der Waals surface area contributed by atoms with Crippen LogP contribution in [0.4, 0.5) is 0 Å². The van der Waals surface area contributed by atoms with Gasteiger partial charge in [0.2, 0.25) is 0 Å². The first kappa shape index (κ1) is 19.0.